The molecule has 0 saturated heterocycles. The molecule has 0 aliphatic rings. The molecule has 0 atom stereocenters. The topological polar surface area (TPSA) is 57.0 Å². The number of aromatic nitrogens is 2. The van der Waals surface area contributed by atoms with Crippen molar-refractivity contribution in [2.45, 2.75) is 0 Å². The third kappa shape index (κ3) is 1.13. The Labute approximate surface area is 92.3 Å². The predicted octanol–water partition coefficient (Wildman–Crippen LogP) is 2.42. The summed E-state index contributed by atoms with van der Waals surface area (Å²) < 4.78 is 7.33. The Kier molecular flexibility index (Phi) is 1.77. The van der Waals surface area contributed by atoms with Gasteiger partial charge in [0.2, 0.25) is 0 Å². The zero-order valence-corrected chi connectivity index (χ0v) is 8.84. The van der Waals surface area contributed by atoms with E-state index in [1.54, 1.807) is 12.5 Å². The minimum absolute atomic E-state index is 0.500. The first kappa shape index (κ1) is 9.03. The van der Waals surface area contributed by atoms with Gasteiger partial charge in [-0.2, -0.15) is 0 Å². The van der Waals surface area contributed by atoms with Crippen molar-refractivity contribution in [3.63, 3.8) is 0 Å². The number of rotatable bonds is 1. The van der Waals surface area contributed by atoms with Gasteiger partial charge in [0.25, 0.3) is 0 Å². The second-order valence-electron chi connectivity index (χ2n) is 3.71. The lowest BCUT2D eigenvalue weighted by Crippen LogP contribution is -1.98. The van der Waals surface area contributed by atoms with Gasteiger partial charge in [0, 0.05) is 18.0 Å². The van der Waals surface area contributed by atoms with Gasteiger partial charge in [0.05, 0.1) is 11.9 Å². The highest BCUT2D eigenvalue weighted by Gasteiger charge is 2.11. The number of imidazole rings is 1. The second-order valence-corrected chi connectivity index (χ2v) is 3.71. The molecular formula is C12H11N3O. The number of fused-ring (bicyclic) bond motifs is 1. The molecule has 0 unspecified atom stereocenters. The Morgan fingerprint density at radius 1 is 1.31 bits per heavy atom. The zero-order chi connectivity index (χ0) is 11.1. The fraction of sp³-hybridized carbons (Fsp3) is 0.0833. The van der Waals surface area contributed by atoms with Crippen LogP contribution < -0.4 is 5.73 Å². The third-order valence-electron chi connectivity index (χ3n) is 2.78. The monoisotopic (exact) mass is 213 g/mol. The average molecular weight is 213 g/mol. The van der Waals surface area contributed by atoms with Gasteiger partial charge in [0.1, 0.15) is 11.8 Å². The predicted molar refractivity (Wildman–Crippen MR) is 62.8 cm³/mol. The van der Waals surface area contributed by atoms with E-state index in [9.17, 15) is 0 Å². The van der Waals surface area contributed by atoms with Crippen LogP contribution in [0, 0.1) is 0 Å². The summed E-state index contributed by atoms with van der Waals surface area (Å²) >= 11 is 0. The highest BCUT2D eigenvalue weighted by Crippen LogP contribution is 2.30. The molecule has 0 bridgehead atoms. The van der Waals surface area contributed by atoms with Gasteiger partial charge in [-0.25, -0.2) is 4.98 Å². The van der Waals surface area contributed by atoms with Gasteiger partial charge in [-0.05, 0) is 6.07 Å². The lowest BCUT2D eigenvalue weighted by atomic mass is 10.1. The number of benzene rings is 1. The molecule has 0 radical (unpaired) electrons. The lowest BCUT2D eigenvalue weighted by Gasteiger charge is -2.00. The second kappa shape index (κ2) is 3.13. The highest BCUT2D eigenvalue weighted by atomic mass is 16.3. The van der Waals surface area contributed by atoms with Crippen LogP contribution in [-0.4, -0.2) is 9.55 Å². The summed E-state index contributed by atoms with van der Waals surface area (Å²) in [7, 11) is 1.89. The van der Waals surface area contributed by atoms with Crippen molar-refractivity contribution in [2.24, 2.45) is 7.05 Å². The van der Waals surface area contributed by atoms with Gasteiger partial charge in [0.15, 0.2) is 5.95 Å². The Bertz CT molecular complexity index is 651. The molecule has 0 amide bonds. The number of nitrogens with zero attached hydrogens (tertiary/aromatic N) is 2. The maximum Gasteiger partial charge on any atom is 0.200 e. The molecule has 1 aromatic carbocycles. The van der Waals surface area contributed by atoms with E-state index < -0.39 is 0 Å². The molecule has 0 aliphatic heterocycles. The number of nitrogen functional groups attached to an aromatic ring is 1. The minimum Gasteiger partial charge on any atom is -0.464 e. The molecule has 4 heteroatoms. The first-order valence-electron chi connectivity index (χ1n) is 5.01. The molecule has 4 nitrogen and oxygen atoms in total. The van der Waals surface area contributed by atoms with E-state index in [1.807, 2.05) is 35.9 Å². The first-order chi connectivity index (χ1) is 7.77. The average Bonchev–Trinajstić information content (AvgIpc) is 2.85. The van der Waals surface area contributed by atoms with Crippen molar-refractivity contribution in [3.8, 4) is 11.3 Å². The van der Waals surface area contributed by atoms with Crippen LogP contribution in [0.5, 0.6) is 0 Å². The smallest absolute Gasteiger partial charge is 0.200 e. The van der Waals surface area contributed by atoms with Gasteiger partial charge < -0.3 is 14.7 Å². The van der Waals surface area contributed by atoms with Crippen LogP contribution in [0.2, 0.25) is 0 Å². The van der Waals surface area contributed by atoms with E-state index in [4.69, 9.17) is 10.2 Å². The molecule has 2 aromatic heterocycles. The summed E-state index contributed by atoms with van der Waals surface area (Å²) in [6, 6.07) is 7.91. The number of anilines is 1. The quantitative estimate of drug-likeness (QED) is 0.675. The van der Waals surface area contributed by atoms with Crippen molar-refractivity contribution in [2.75, 3.05) is 5.73 Å². The number of para-hydroxylation sites is 1. The molecule has 80 valence electrons. The molecule has 0 fully saturated rings. The molecule has 0 saturated carbocycles. The van der Waals surface area contributed by atoms with Crippen molar-refractivity contribution >= 4 is 16.9 Å². The summed E-state index contributed by atoms with van der Waals surface area (Å²) in [5, 5.41) is 1.07. The summed E-state index contributed by atoms with van der Waals surface area (Å²) in [4.78, 5) is 4.08. The molecule has 0 aliphatic carbocycles. The Morgan fingerprint density at radius 3 is 2.88 bits per heavy atom. The number of nitrogens with two attached hydrogens (primary N) is 1. The number of furan rings is 1. The van der Waals surface area contributed by atoms with Crippen molar-refractivity contribution < 1.29 is 4.42 Å². The Morgan fingerprint density at radius 2 is 2.12 bits per heavy atom. The highest BCUT2D eigenvalue weighted by molar-refractivity contribution is 5.93. The molecule has 2 heterocycles. The van der Waals surface area contributed by atoms with E-state index in [-0.39, 0.29) is 0 Å². The van der Waals surface area contributed by atoms with Crippen molar-refractivity contribution in [3.05, 3.63) is 36.7 Å². The fourth-order valence-electron chi connectivity index (χ4n) is 1.85. The van der Waals surface area contributed by atoms with Crippen molar-refractivity contribution in [1.82, 2.24) is 9.55 Å². The largest absolute Gasteiger partial charge is 0.464 e. The van der Waals surface area contributed by atoms with E-state index in [1.165, 1.54) is 0 Å². The maximum absolute atomic E-state index is 5.71. The molecule has 0 spiro atoms. The summed E-state index contributed by atoms with van der Waals surface area (Å²) in [6.07, 6.45) is 3.49. The van der Waals surface area contributed by atoms with E-state index in [2.05, 4.69) is 4.98 Å². The molecular weight excluding hydrogens is 202 g/mol. The molecule has 2 N–H and O–H groups in total. The molecule has 3 rings (SSSR count). The number of hydrogen-bond donors (Lipinski definition) is 1. The van der Waals surface area contributed by atoms with Gasteiger partial charge in [-0.15, -0.1) is 0 Å². The van der Waals surface area contributed by atoms with Crippen LogP contribution >= 0.6 is 0 Å². The van der Waals surface area contributed by atoms with Crippen LogP contribution in [0.25, 0.3) is 22.2 Å². The summed E-state index contributed by atoms with van der Waals surface area (Å²) in [6.45, 7) is 0. The maximum atomic E-state index is 5.71. The van der Waals surface area contributed by atoms with E-state index >= 15 is 0 Å². The van der Waals surface area contributed by atoms with Crippen LogP contribution in [0.4, 0.5) is 5.95 Å². The van der Waals surface area contributed by atoms with Gasteiger partial charge >= 0.3 is 0 Å². The van der Waals surface area contributed by atoms with Crippen LogP contribution in [-0.2, 0) is 7.05 Å². The molecule has 3 aromatic rings. The summed E-state index contributed by atoms with van der Waals surface area (Å²) in [5.74, 6) is 0.500. The summed E-state index contributed by atoms with van der Waals surface area (Å²) in [5.41, 5.74) is 8.56. The SMILES string of the molecule is Cn1c(-c2coc3ccccc23)cnc1N. The standard InChI is InChI=1S/C12H11N3O/c1-15-10(6-14-12(15)13)9-7-16-11-5-3-2-4-8(9)11/h2-7H,1H3,(H2,13,14). The lowest BCUT2D eigenvalue weighted by molar-refractivity contribution is 0.616. The Hall–Kier alpha value is -2.23. The van der Waals surface area contributed by atoms with Crippen LogP contribution in [0.15, 0.2) is 41.1 Å². The minimum atomic E-state index is 0.500. The number of hydrogen-bond acceptors (Lipinski definition) is 3. The van der Waals surface area contributed by atoms with Gasteiger partial charge in [-0.1, -0.05) is 18.2 Å². The van der Waals surface area contributed by atoms with Crippen molar-refractivity contribution in [1.29, 1.82) is 0 Å². The molecule has 16 heavy (non-hydrogen) atoms. The van der Waals surface area contributed by atoms with E-state index in [0.29, 0.717) is 5.95 Å². The normalized spacial score (nSPS) is 11.1. The van der Waals surface area contributed by atoms with Crippen LogP contribution in [0.1, 0.15) is 0 Å². The van der Waals surface area contributed by atoms with Crippen LogP contribution in [0.3, 0.4) is 0 Å². The zero-order valence-electron chi connectivity index (χ0n) is 8.84. The Balaban J connectivity index is 2.30. The third-order valence-corrected chi connectivity index (χ3v) is 2.78. The fourth-order valence-corrected chi connectivity index (χ4v) is 1.85. The van der Waals surface area contributed by atoms with Gasteiger partial charge in [-0.3, -0.25) is 0 Å². The first-order valence-corrected chi connectivity index (χ1v) is 5.01. The van der Waals surface area contributed by atoms with E-state index in [0.717, 1.165) is 22.2 Å².